The van der Waals surface area contributed by atoms with Crippen molar-refractivity contribution in [2.75, 3.05) is 5.32 Å². The van der Waals surface area contributed by atoms with Gasteiger partial charge in [0.1, 0.15) is 11.2 Å². The van der Waals surface area contributed by atoms with Gasteiger partial charge in [0, 0.05) is 17.0 Å². The first-order chi connectivity index (χ1) is 16.3. The predicted molar refractivity (Wildman–Crippen MR) is 131 cm³/mol. The van der Waals surface area contributed by atoms with Crippen LogP contribution in [-0.2, 0) is 0 Å². The van der Waals surface area contributed by atoms with Gasteiger partial charge in [-0.1, -0.05) is 42.0 Å². The van der Waals surface area contributed by atoms with Gasteiger partial charge in [-0.3, -0.25) is 14.4 Å². The third-order valence-corrected chi connectivity index (χ3v) is 5.92. The van der Waals surface area contributed by atoms with Crippen LogP contribution < -0.4 is 10.7 Å². The molecule has 0 bridgehead atoms. The number of para-hydroxylation sites is 1. The van der Waals surface area contributed by atoms with E-state index in [1.165, 1.54) is 0 Å². The second-order valence-electron chi connectivity index (χ2n) is 8.36. The molecule has 5 aromatic rings. The normalized spacial score (nSPS) is 11.1. The maximum atomic E-state index is 13.2. The van der Waals surface area contributed by atoms with E-state index in [0.29, 0.717) is 27.5 Å². The number of nitrogens with one attached hydrogen (secondary N) is 1. The lowest BCUT2D eigenvalue weighted by Gasteiger charge is -2.08. The molecule has 2 heterocycles. The molecule has 168 valence electrons. The smallest absolute Gasteiger partial charge is 0.291 e. The first-order valence-electron chi connectivity index (χ1n) is 10.8. The van der Waals surface area contributed by atoms with Crippen LogP contribution in [0.1, 0.15) is 43.4 Å². The average Bonchev–Trinajstić information content (AvgIpc) is 3.18. The van der Waals surface area contributed by atoms with Gasteiger partial charge in [0.25, 0.3) is 5.91 Å². The van der Waals surface area contributed by atoms with Gasteiger partial charge in [0.2, 0.25) is 5.78 Å². The fourth-order valence-corrected chi connectivity index (χ4v) is 3.86. The molecule has 0 aliphatic carbocycles. The molecule has 0 saturated heterocycles. The molecule has 0 saturated carbocycles. The summed E-state index contributed by atoms with van der Waals surface area (Å²) in [6.45, 7) is 5.74. The molecular weight excluding hydrogens is 430 g/mol. The van der Waals surface area contributed by atoms with Gasteiger partial charge in [-0.2, -0.15) is 0 Å². The second-order valence-corrected chi connectivity index (χ2v) is 8.36. The zero-order chi connectivity index (χ0) is 24.0. The summed E-state index contributed by atoms with van der Waals surface area (Å²) in [6.07, 6.45) is 0. The lowest BCUT2D eigenvalue weighted by atomic mass is 10.1. The number of fused-ring (bicyclic) bond motifs is 2. The van der Waals surface area contributed by atoms with Gasteiger partial charge in [0.15, 0.2) is 16.9 Å². The van der Waals surface area contributed by atoms with E-state index >= 15 is 0 Å². The number of hydrogen-bond donors (Lipinski definition) is 1. The molecule has 1 N–H and O–H groups in total. The number of anilines is 1. The van der Waals surface area contributed by atoms with E-state index in [0.717, 1.165) is 22.8 Å². The minimum Gasteiger partial charge on any atom is -0.451 e. The van der Waals surface area contributed by atoms with Crippen molar-refractivity contribution in [3.63, 3.8) is 0 Å². The molecule has 0 radical (unpaired) electrons. The van der Waals surface area contributed by atoms with Crippen LogP contribution in [0, 0.1) is 20.8 Å². The summed E-state index contributed by atoms with van der Waals surface area (Å²) in [5.74, 6) is -1.16. The van der Waals surface area contributed by atoms with Crippen molar-refractivity contribution in [2.24, 2.45) is 0 Å². The van der Waals surface area contributed by atoms with Crippen molar-refractivity contribution in [1.82, 2.24) is 0 Å². The van der Waals surface area contributed by atoms with Crippen molar-refractivity contribution in [2.45, 2.75) is 20.8 Å². The zero-order valence-corrected chi connectivity index (χ0v) is 18.9. The number of amides is 1. The van der Waals surface area contributed by atoms with Crippen molar-refractivity contribution in [3.05, 3.63) is 111 Å². The van der Waals surface area contributed by atoms with Crippen molar-refractivity contribution < 1.29 is 18.4 Å². The van der Waals surface area contributed by atoms with E-state index in [1.807, 2.05) is 32.9 Å². The number of carbonyl (C=O) groups is 2. The van der Waals surface area contributed by atoms with Crippen molar-refractivity contribution >= 4 is 39.3 Å². The Bertz CT molecular complexity index is 1650. The minimum absolute atomic E-state index is 0.00742. The first-order valence-corrected chi connectivity index (χ1v) is 10.8. The number of benzene rings is 3. The van der Waals surface area contributed by atoms with Crippen LogP contribution in [0.15, 0.2) is 80.4 Å². The maximum absolute atomic E-state index is 13.2. The summed E-state index contributed by atoms with van der Waals surface area (Å²) in [6, 6.07) is 18.8. The van der Waals surface area contributed by atoms with Crippen LogP contribution >= 0.6 is 0 Å². The highest BCUT2D eigenvalue weighted by Crippen LogP contribution is 2.33. The molecule has 6 heteroatoms. The molecule has 0 fully saturated rings. The Balaban J connectivity index is 1.58. The number of furan rings is 1. The summed E-state index contributed by atoms with van der Waals surface area (Å²) in [5.41, 5.74) is 4.06. The topological polar surface area (TPSA) is 89.5 Å². The monoisotopic (exact) mass is 451 g/mol. The Morgan fingerprint density at radius 3 is 2.24 bits per heavy atom. The summed E-state index contributed by atoms with van der Waals surface area (Å²) in [4.78, 5) is 39.1. The Morgan fingerprint density at radius 1 is 0.765 bits per heavy atom. The standard InChI is InChI=1S/C28H21NO5/c1-15-8-10-18(11-9-15)26(31)27-25(19-6-4-5-7-22(19)34-27)29-28(32)24-14-21(30)20-12-16(2)17(3)13-23(20)33-24/h4-14H,1-3H3,(H,29,32). The molecule has 1 amide bonds. The Morgan fingerprint density at radius 2 is 1.47 bits per heavy atom. The molecular formula is C28H21NO5. The molecule has 34 heavy (non-hydrogen) atoms. The molecule has 0 aliphatic rings. The molecule has 3 aromatic carbocycles. The molecule has 6 nitrogen and oxygen atoms in total. The Hall–Kier alpha value is -4.45. The third kappa shape index (κ3) is 3.69. The summed E-state index contributed by atoms with van der Waals surface area (Å²) in [7, 11) is 0. The molecule has 2 aromatic heterocycles. The summed E-state index contributed by atoms with van der Waals surface area (Å²) < 4.78 is 11.6. The summed E-state index contributed by atoms with van der Waals surface area (Å²) >= 11 is 0. The summed E-state index contributed by atoms with van der Waals surface area (Å²) in [5, 5.41) is 3.72. The number of aryl methyl sites for hydroxylation is 3. The second kappa shape index (κ2) is 8.15. The molecule has 0 unspecified atom stereocenters. The van der Waals surface area contributed by atoms with E-state index < -0.39 is 5.91 Å². The average molecular weight is 451 g/mol. The van der Waals surface area contributed by atoms with E-state index in [2.05, 4.69) is 5.32 Å². The van der Waals surface area contributed by atoms with Gasteiger partial charge in [-0.25, -0.2) is 0 Å². The zero-order valence-electron chi connectivity index (χ0n) is 18.9. The lowest BCUT2D eigenvalue weighted by Crippen LogP contribution is -2.16. The van der Waals surface area contributed by atoms with Crippen molar-refractivity contribution in [3.8, 4) is 0 Å². The minimum atomic E-state index is -0.651. The number of ketones is 1. The van der Waals surface area contributed by atoms with E-state index in [-0.39, 0.29) is 28.4 Å². The number of rotatable bonds is 4. The van der Waals surface area contributed by atoms with Gasteiger partial charge in [0.05, 0.1) is 11.1 Å². The first kappa shape index (κ1) is 21.4. The van der Waals surface area contributed by atoms with E-state index in [9.17, 15) is 14.4 Å². The molecule has 0 atom stereocenters. The Labute approximate surface area is 194 Å². The third-order valence-electron chi connectivity index (χ3n) is 5.92. The SMILES string of the molecule is Cc1ccc(C(=O)c2oc3ccccc3c2NC(=O)c2cc(=O)c3cc(C)c(C)cc3o2)cc1. The van der Waals surface area contributed by atoms with Gasteiger partial charge in [-0.15, -0.1) is 0 Å². The molecule has 5 rings (SSSR count). The van der Waals surface area contributed by atoms with Crippen LogP contribution in [0.25, 0.3) is 21.9 Å². The largest absolute Gasteiger partial charge is 0.451 e. The van der Waals surface area contributed by atoms with Gasteiger partial charge in [-0.05, 0) is 56.2 Å². The van der Waals surface area contributed by atoms with Crippen LogP contribution in [-0.4, -0.2) is 11.7 Å². The fraction of sp³-hybridized carbons (Fsp3) is 0.107. The van der Waals surface area contributed by atoms with Crippen LogP contribution in [0.5, 0.6) is 0 Å². The van der Waals surface area contributed by atoms with E-state index in [4.69, 9.17) is 8.83 Å². The Kier molecular flexibility index (Phi) is 5.13. The molecule has 0 spiro atoms. The predicted octanol–water partition coefficient (Wildman–Crippen LogP) is 5.95. The highest BCUT2D eigenvalue weighted by molar-refractivity contribution is 6.18. The number of carbonyl (C=O) groups excluding carboxylic acids is 2. The van der Waals surface area contributed by atoms with Crippen molar-refractivity contribution in [1.29, 1.82) is 0 Å². The van der Waals surface area contributed by atoms with Gasteiger partial charge < -0.3 is 14.2 Å². The number of hydrogen-bond acceptors (Lipinski definition) is 5. The van der Waals surface area contributed by atoms with Crippen LogP contribution in [0.2, 0.25) is 0 Å². The van der Waals surface area contributed by atoms with Crippen LogP contribution in [0.4, 0.5) is 5.69 Å². The van der Waals surface area contributed by atoms with Crippen LogP contribution in [0.3, 0.4) is 0 Å². The molecule has 0 aliphatic heterocycles. The lowest BCUT2D eigenvalue weighted by molar-refractivity contribution is 0.0997. The maximum Gasteiger partial charge on any atom is 0.291 e. The highest BCUT2D eigenvalue weighted by Gasteiger charge is 2.25. The quantitative estimate of drug-likeness (QED) is 0.341. The fourth-order valence-electron chi connectivity index (χ4n) is 3.86. The van der Waals surface area contributed by atoms with Gasteiger partial charge >= 0.3 is 0 Å². The van der Waals surface area contributed by atoms with E-state index in [1.54, 1.807) is 48.5 Å². The highest BCUT2D eigenvalue weighted by atomic mass is 16.4.